The first-order valence-electron chi connectivity index (χ1n) is 11.3. The van der Waals surface area contributed by atoms with Crippen LogP contribution in [0.1, 0.15) is 43.4 Å². The van der Waals surface area contributed by atoms with Gasteiger partial charge in [0.25, 0.3) is 0 Å². The summed E-state index contributed by atoms with van der Waals surface area (Å²) < 4.78 is 40.5. The van der Waals surface area contributed by atoms with E-state index in [1.807, 2.05) is 4.90 Å². The molecule has 3 aliphatic heterocycles. The van der Waals surface area contributed by atoms with Crippen LogP contribution < -0.4 is 5.73 Å². The molecule has 2 N–H and O–H groups in total. The number of hydrogen-bond acceptors (Lipinski definition) is 5. The number of nitrogens with two attached hydrogens (primary N) is 1. The standard InChI is InChI=1S/C23H26F3N5O2/c1-12(16-4-2-3-5-17(16)23(24,25)26)30-15-8-20(22(30)33)29(10-15)11-18(28)21(32)31-14(9-27)6-13-7-19(13)31/h2-5,12-15,18-20H,6-8,10-11,28H2,1H3/t12-,13?,14?,15?,18?,19-,20?/m0/s1. The molecule has 33 heavy (non-hydrogen) atoms. The number of alkyl halides is 3. The van der Waals surface area contributed by atoms with Gasteiger partial charge in [0.15, 0.2) is 0 Å². The van der Waals surface area contributed by atoms with Gasteiger partial charge in [0.1, 0.15) is 6.04 Å². The van der Waals surface area contributed by atoms with Crippen molar-refractivity contribution < 1.29 is 22.8 Å². The predicted octanol–water partition coefficient (Wildman–Crippen LogP) is 1.89. The van der Waals surface area contributed by atoms with Gasteiger partial charge in [-0.3, -0.25) is 14.5 Å². The lowest BCUT2D eigenvalue weighted by Gasteiger charge is -2.39. The first-order chi connectivity index (χ1) is 15.6. The van der Waals surface area contributed by atoms with Crippen molar-refractivity contribution in [3.8, 4) is 6.07 Å². The minimum absolute atomic E-state index is 0.0832. The van der Waals surface area contributed by atoms with E-state index in [0.29, 0.717) is 25.3 Å². The van der Waals surface area contributed by atoms with Crippen molar-refractivity contribution in [2.24, 2.45) is 11.7 Å². The number of halogens is 3. The predicted molar refractivity (Wildman–Crippen MR) is 111 cm³/mol. The van der Waals surface area contributed by atoms with Gasteiger partial charge in [-0.05, 0) is 43.7 Å². The summed E-state index contributed by atoms with van der Waals surface area (Å²) in [5.41, 5.74) is 5.57. The van der Waals surface area contributed by atoms with Gasteiger partial charge in [-0.25, -0.2) is 0 Å². The van der Waals surface area contributed by atoms with Gasteiger partial charge in [-0.15, -0.1) is 0 Å². The number of carbonyl (C=O) groups excluding carboxylic acids is 2. The van der Waals surface area contributed by atoms with Crippen molar-refractivity contribution in [1.29, 1.82) is 5.26 Å². The van der Waals surface area contributed by atoms with E-state index in [4.69, 9.17) is 5.73 Å². The topological polar surface area (TPSA) is 93.7 Å². The Bertz CT molecular complexity index is 1020. The third-order valence-electron chi connectivity index (χ3n) is 7.70. The summed E-state index contributed by atoms with van der Waals surface area (Å²) in [4.78, 5) is 31.1. The summed E-state index contributed by atoms with van der Waals surface area (Å²) in [7, 11) is 0. The molecule has 176 valence electrons. The third kappa shape index (κ3) is 3.58. The largest absolute Gasteiger partial charge is 0.416 e. The van der Waals surface area contributed by atoms with Crippen LogP contribution in [0.3, 0.4) is 0 Å². The maximum atomic E-state index is 13.5. The second kappa shape index (κ2) is 7.71. The number of benzene rings is 1. The maximum Gasteiger partial charge on any atom is 0.416 e. The second-order valence-corrected chi connectivity index (χ2v) is 9.66. The number of piperazine rings is 1. The number of piperidine rings is 1. The van der Waals surface area contributed by atoms with E-state index in [9.17, 15) is 28.0 Å². The molecule has 1 aliphatic carbocycles. The summed E-state index contributed by atoms with van der Waals surface area (Å²) in [6.07, 6.45) is -2.38. The molecule has 2 amide bonds. The Kier molecular flexibility index (Phi) is 5.18. The molecule has 0 aromatic heterocycles. The fourth-order valence-electron chi connectivity index (χ4n) is 6.08. The van der Waals surface area contributed by atoms with Crippen molar-refractivity contribution in [1.82, 2.24) is 14.7 Å². The Hall–Kier alpha value is -2.64. The molecule has 4 aliphatic rings. The van der Waals surface area contributed by atoms with Crippen molar-refractivity contribution in [3.63, 3.8) is 0 Å². The van der Waals surface area contributed by atoms with Crippen molar-refractivity contribution in [2.75, 3.05) is 13.1 Å². The normalized spacial score (nSPS) is 32.6. The molecule has 1 aromatic rings. The average molecular weight is 461 g/mol. The van der Waals surface area contributed by atoms with Crippen LogP contribution in [0.15, 0.2) is 24.3 Å². The Morgan fingerprint density at radius 3 is 2.67 bits per heavy atom. The zero-order chi connectivity index (χ0) is 23.7. The number of amides is 2. The molecule has 0 radical (unpaired) electrons. The summed E-state index contributed by atoms with van der Waals surface area (Å²) >= 11 is 0. The number of likely N-dealkylation sites (tertiary alicyclic amines) is 3. The van der Waals surface area contributed by atoms with Crippen LogP contribution in [0.25, 0.3) is 0 Å². The minimum Gasteiger partial charge on any atom is -0.330 e. The van der Waals surface area contributed by atoms with E-state index in [1.165, 1.54) is 12.1 Å². The molecule has 3 heterocycles. The Labute approximate surface area is 189 Å². The Morgan fingerprint density at radius 1 is 1.27 bits per heavy atom. The molecule has 7 nitrogen and oxygen atoms in total. The number of nitrogens with zero attached hydrogens (tertiary/aromatic N) is 4. The van der Waals surface area contributed by atoms with E-state index in [1.54, 1.807) is 22.8 Å². The molecule has 5 rings (SSSR count). The highest BCUT2D eigenvalue weighted by molar-refractivity contribution is 5.87. The molecular weight excluding hydrogens is 435 g/mol. The van der Waals surface area contributed by atoms with Crippen molar-refractivity contribution >= 4 is 11.8 Å². The lowest BCUT2D eigenvalue weighted by atomic mass is 9.99. The summed E-state index contributed by atoms with van der Waals surface area (Å²) in [6.45, 7) is 2.28. The van der Waals surface area contributed by atoms with E-state index in [-0.39, 0.29) is 36.0 Å². The van der Waals surface area contributed by atoms with Crippen molar-refractivity contribution in [2.45, 2.75) is 68.6 Å². The van der Waals surface area contributed by atoms with E-state index in [2.05, 4.69) is 6.07 Å². The number of rotatable bonds is 5. The molecule has 4 fully saturated rings. The molecule has 1 saturated carbocycles. The molecule has 0 spiro atoms. The van der Waals surface area contributed by atoms with Crippen LogP contribution in [-0.2, 0) is 15.8 Å². The number of nitriles is 1. The number of carbonyl (C=O) groups is 2. The van der Waals surface area contributed by atoms with E-state index < -0.39 is 35.9 Å². The first-order valence-corrected chi connectivity index (χ1v) is 11.3. The molecule has 7 atom stereocenters. The fourth-order valence-corrected chi connectivity index (χ4v) is 6.08. The second-order valence-electron chi connectivity index (χ2n) is 9.66. The molecular formula is C23H26F3N5O2. The number of fused-ring (bicyclic) bond motifs is 3. The SMILES string of the molecule is C[C@@H](c1ccccc1C(F)(F)F)N1C(=O)C2CC1CN2CC(N)C(=O)N1C(C#N)CC2C[C@@H]21. The van der Waals surface area contributed by atoms with E-state index in [0.717, 1.165) is 12.5 Å². The third-order valence-corrected chi connectivity index (χ3v) is 7.70. The van der Waals surface area contributed by atoms with Crippen LogP contribution in [-0.4, -0.2) is 69.8 Å². The lowest BCUT2D eigenvalue weighted by molar-refractivity contribution is -0.143. The zero-order valence-electron chi connectivity index (χ0n) is 18.2. The van der Waals surface area contributed by atoms with E-state index >= 15 is 0 Å². The van der Waals surface area contributed by atoms with Gasteiger partial charge < -0.3 is 15.5 Å². The van der Waals surface area contributed by atoms with Crippen LogP contribution in [0.4, 0.5) is 13.2 Å². The first kappa shape index (κ1) is 22.2. The summed E-state index contributed by atoms with van der Waals surface area (Å²) in [5.74, 6) is -0.0930. The van der Waals surface area contributed by atoms with Crippen LogP contribution in [0, 0.1) is 17.2 Å². The zero-order valence-corrected chi connectivity index (χ0v) is 18.2. The Balaban J connectivity index is 1.26. The summed E-state index contributed by atoms with van der Waals surface area (Å²) in [6, 6.07) is 4.93. The quantitative estimate of drug-likeness (QED) is 0.723. The summed E-state index contributed by atoms with van der Waals surface area (Å²) in [5, 5.41) is 9.34. The smallest absolute Gasteiger partial charge is 0.330 e. The Morgan fingerprint density at radius 2 is 2.00 bits per heavy atom. The van der Waals surface area contributed by atoms with Gasteiger partial charge in [0.05, 0.1) is 29.8 Å². The van der Waals surface area contributed by atoms with Gasteiger partial charge in [-0.2, -0.15) is 18.4 Å². The monoisotopic (exact) mass is 461 g/mol. The van der Waals surface area contributed by atoms with Gasteiger partial charge in [-0.1, -0.05) is 18.2 Å². The highest BCUT2D eigenvalue weighted by Crippen LogP contribution is 2.48. The van der Waals surface area contributed by atoms with Crippen molar-refractivity contribution in [3.05, 3.63) is 35.4 Å². The lowest BCUT2D eigenvalue weighted by Crippen LogP contribution is -2.57. The average Bonchev–Trinajstić information content (AvgIpc) is 3.11. The molecule has 10 heteroatoms. The minimum atomic E-state index is -4.50. The highest BCUT2D eigenvalue weighted by Gasteiger charge is 2.56. The van der Waals surface area contributed by atoms with Gasteiger partial charge in [0, 0.05) is 25.2 Å². The molecule has 1 aromatic carbocycles. The molecule has 3 saturated heterocycles. The number of hydrogen-bond donors (Lipinski definition) is 1. The fraction of sp³-hybridized carbons (Fsp3) is 0.609. The highest BCUT2D eigenvalue weighted by atomic mass is 19.4. The van der Waals surface area contributed by atoms with Crippen LogP contribution in [0.5, 0.6) is 0 Å². The molecule has 2 bridgehead atoms. The van der Waals surface area contributed by atoms with Crippen LogP contribution >= 0.6 is 0 Å². The van der Waals surface area contributed by atoms with Crippen LogP contribution in [0.2, 0.25) is 0 Å². The maximum absolute atomic E-state index is 13.5. The molecule has 5 unspecified atom stereocenters. The van der Waals surface area contributed by atoms with Gasteiger partial charge in [0.2, 0.25) is 11.8 Å². The van der Waals surface area contributed by atoms with Gasteiger partial charge >= 0.3 is 6.18 Å².